The van der Waals surface area contributed by atoms with Crippen LogP contribution in [0.15, 0.2) is 57.9 Å². The number of carbonyl (C=O) groups is 1. The fourth-order valence-electron chi connectivity index (χ4n) is 2.51. The third kappa shape index (κ3) is 4.90. The van der Waals surface area contributed by atoms with E-state index in [1.165, 1.54) is 6.26 Å². The summed E-state index contributed by atoms with van der Waals surface area (Å²) in [6, 6.07) is 11.5. The molecule has 6 nitrogen and oxygen atoms in total. The van der Waals surface area contributed by atoms with E-state index in [0.717, 1.165) is 6.42 Å². The third-order valence-corrected chi connectivity index (χ3v) is 4.62. The Morgan fingerprint density at radius 1 is 1.14 bits per heavy atom. The lowest BCUT2D eigenvalue weighted by Gasteiger charge is -2.17. The number of esters is 1. The third-order valence-electron chi connectivity index (χ3n) is 4.31. The average Bonchev–Trinajstić information content (AvgIpc) is 2.71. The Labute approximate surface area is 172 Å². The highest BCUT2D eigenvalue weighted by Gasteiger charge is 2.19. The predicted molar refractivity (Wildman–Crippen MR) is 110 cm³/mol. The van der Waals surface area contributed by atoms with Crippen LogP contribution in [0.3, 0.4) is 0 Å². The average molecular weight is 417 g/mol. The number of ether oxygens (including phenoxy) is 3. The molecule has 0 aliphatic rings. The van der Waals surface area contributed by atoms with Crippen molar-refractivity contribution in [1.29, 1.82) is 0 Å². The summed E-state index contributed by atoms with van der Waals surface area (Å²) in [5, 5.41) is 0.700. The van der Waals surface area contributed by atoms with Crippen molar-refractivity contribution in [3.8, 4) is 17.2 Å². The van der Waals surface area contributed by atoms with Crippen LogP contribution >= 0.6 is 11.6 Å². The molecule has 7 heteroatoms. The van der Waals surface area contributed by atoms with Gasteiger partial charge in [0.05, 0.1) is 16.5 Å². The molecular formula is C22H21ClO6. The van der Waals surface area contributed by atoms with Gasteiger partial charge in [-0.25, -0.2) is 4.79 Å². The van der Waals surface area contributed by atoms with Crippen LogP contribution in [-0.2, 0) is 9.53 Å². The van der Waals surface area contributed by atoms with E-state index in [1.54, 1.807) is 49.4 Å². The molecule has 152 valence electrons. The zero-order valence-electron chi connectivity index (χ0n) is 16.3. The molecule has 0 saturated heterocycles. The topological polar surface area (TPSA) is 75.0 Å². The van der Waals surface area contributed by atoms with Gasteiger partial charge in [0.1, 0.15) is 23.3 Å². The molecular weight excluding hydrogens is 396 g/mol. The number of hydrogen-bond acceptors (Lipinski definition) is 6. The van der Waals surface area contributed by atoms with Crippen molar-refractivity contribution in [2.24, 2.45) is 0 Å². The van der Waals surface area contributed by atoms with Gasteiger partial charge >= 0.3 is 5.97 Å². The number of halogens is 1. The van der Waals surface area contributed by atoms with Crippen molar-refractivity contribution in [2.75, 3.05) is 0 Å². The van der Waals surface area contributed by atoms with Crippen molar-refractivity contribution < 1.29 is 23.4 Å². The molecule has 1 heterocycles. The van der Waals surface area contributed by atoms with Crippen molar-refractivity contribution in [3.63, 3.8) is 0 Å². The molecule has 0 N–H and O–H groups in total. The zero-order chi connectivity index (χ0) is 21.0. The lowest BCUT2D eigenvalue weighted by Crippen LogP contribution is -2.29. The van der Waals surface area contributed by atoms with E-state index in [4.69, 9.17) is 30.2 Å². The summed E-state index contributed by atoms with van der Waals surface area (Å²) in [6.45, 7) is 5.35. The van der Waals surface area contributed by atoms with Gasteiger partial charge in [-0.2, -0.15) is 0 Å². The minimum Gasteiger partial charge on any atom is -0.479 e. The van der Waals surface area contributed by atoms with Crippen LogP contribution in [0.1, 0.15) is 27.2 Å². The fraction of sp³-hybridized carbons (Fsp3) is 0.273. The van der Waals surface area contributed by atoms with E-state index in [2.05, 4.69) is 0 Å². The molecule has 3 aromatic rings. The van der Waals surface area contributed by atoms with Crippen molar-refractivity contribution in [1.82, 2.24) is 0 Å². The van der Waals surface area contributed by atoms with E-state index in [-0.39, 0.29) is 17.3 Å². The van der Waals surface area contributed by atoms with E-state index >= 15 is 0 Å². The van der Waals surface area contributed by atoms with Gasteiger partial charge in [0.2, 0.25) is 11.2 Å². The Morgan fingerprint density at radius 3 is 2.62 bits per heavy atom. The van der Waals surface area contributed by atoms with Gasteiger partial charge in [0.15, 0.2) is 6.10 Å². The number of hydrogen-bond donors (Lipinski definition) is 0. The Hall–Kier alpha value is -2.99. The number of fused-ring (bicyclic) bond motifs is 1. The highest BCUT2D eigenvalue weighted by atomic mass is 35.5. The zero-order valence-corrected chi connectivity index (χ0v) is 17.1. The molecule has 0 aliphatic carbocycles. The van der Waals surface area contributed by atoms with E-state index in [9.17, 15) is 9.59 Å². The van der Waals surface area contributed by atoms with Crippen molar-refractivity contribution in [3.05, 3.63) is 64.0 Å². The first-order valence-corrected chi connectivity index (χ1v) is 9.62. The second-order valence-electron chi connectivity index (χ2n) is 6.54. The van der Waals surface area contributed by atoms with Gasteiger partial charge in [-0.15, -0.1) is 0 Å². The van der Waals surface area contributed by atoms with Crippen LogP contribution in [0, 0.1) is 0 Å². The molecule has 1 aromatic heterocycles. The molecule has 0 radical (unpaired) electrons. The van der Waals surface area contributed by atoms with Gasteiger partial charge in [0, 0.05) is 6.07 Å². The van der Waals surface area contributed by atoms with Gasteiger partial charge < -0.3 is 18.6 Å². The van der Waals surface area contributed by atoms with E-state index in [0.29, 0.717) is 27.5 Å². The van der Waals surface area contributed by atoms with Crippen LogP contribution in [0.5, 0.6) is 17.2 Å². The normalized spacial score (nSPS) is 13.0. The second kappa shape index (κ2) is 9.01. The number of para-hydroxylation sites is 1. The summed E-state index contributed by atoms with van der Waals surface area (Å²) in [5.41, 5.74) is -0.0385. The minimum absolute atomic E-state index is 0.0183. The Kier molecular flexibility index (Phi) is 6.44. The van der Waals surface area contributed by atoms with Gasteiger partial charge in [-0.05, 0) is 44.5 Å². The molecule has 29 heavy (non-hydrogen) atoms. The lowest BCUT2D eigenvalue weighted by atomic mass is 10.2. The second-order valence-corrected chi connectivity index (χ2v) is 6.94. The molecule has 0 amide bonds. The molecule has 2 unspecified atom stereocenters. The first-order chi connectivity index (χ1) is 13.9. The molecule has 0 saturated carbocycles. The summed E-state index contributed by atoms with van der Waals surface area (Å²) < 4.78 is 22.0. The van der Waals surface area contributed by atoms with Gasteiger partial charge in [-0.1, -0.05) is 30.7 Å². The van der Waals surface area contributed by atoms with Crippen LogP contribution < -0.4 is 14.9 Å². The first-order valence-electron chi connectivity index (χ1n) is 9.24. The monoisotopic (exact) mass is 416 g/mol. The van der Waals surface area contributed by atoms with Crippen LogP contribution in [0.2, 0.25) is 5.02 Å². The minimum atomic E-state index is -0.795. The molecule has 0 bridgehead atoms. The largest absolute Gasteiger partial charge is 0.479 e. The Morgan fingerprint density at radius 2 is 1.90 bits per heavy atom. The van der Waals surface area contributed by atoms with Gasteiger partial charge in [0.25, 0.3) is 0 Å². The maximum absolute atomic E-state index is 12.7. The van der Waals surface area contributed by atoms with Crippen molar-refractivity contribution >= 4 is 28.5 Å². The lowest BCUT2D eigenvalue weighted by molar-refractivity contribution is -0.155. The van der Waals surface area contributed by atoms with Crippen LogP contribution in [0.25, 0.3) is 11.0 Å². The smallest absolute Gasteiger partial charge is 0.347 e. The maximum Gasteiger partial charge on any atom is 0.347 e. The highest BCUT2D eigenvalue weighted by molar-refractivity contribution is 6.32. The molecule has 0 fully saturated rings. The van der Waals surface area contributed by atoms with E-state index < -0.39 is 12.1 Å². The standard InChI is InChI=1S/C22H21ClO6/c1-4-13(2)27-22(25)14(3)28-15-9-10-16-19(11-15)26-12-20(21(16)24)29-18-8-6-5-7-17(18)23/h5-14H,4H2,1-3H3. The number of rotatable bonds is 7. The highest BCUT2D eigenvalue weighted by Crippen LogP contribution is 2.29. The fourth-order valence-corrected chi connectivity index (χ4v) is 2.68. The van der Waals surface area contributed by atoms with Gasteiger partial charge in [-0.3, -0.25) is 4.79 Å². The molecule has 2 aromatic carbocycles. The quantitative estimate of drug-likeness (QED) is 0.483. The first kappa shape index (κ1) is 20.7. The summed E-state index contributed by atoms with van der Waals surface area (Å²) in [5.74, 6) is 0.303. The molecule has 0 aliphatic heterocycles. The maximum atomic E-state index is 12.7. The van der Waals surface area contributed by atoms with E-state index in [1.807, 2.05) is 13.8 Å². The molecule has 3 rings (SSSR count). The summed E-state index contributed by atoms with van der Waals surface area (Å²) in [6.07, 6.45) is 0.965. The SMILES string of the molecule is CCC(C)OC(=O)C(C)Oc1ccc2c(=O)c(Oc3ccccc3Cl)coc2c1. The molecule has 0 spiro atoms. The summed E-state index contributed by atoms with van der Waals surface area (Å²) in [4.78, 5) is 24.7. The number of benzene rings is 2. The number of carbonyl (C=O) groups excluding carboxylic acids is 1. The predicted octanol–water partition coefficient (Wildman–Crippen LogP) is 5.35. The van der Waals surface area contributed by atoms with Crippen molar-refractivity contribution in [2.45, 2.75) is 39.4 Å². The Bertz CT molecular complexity index is 1070. The summed E-state index contributed by atoms with van der Waals surface area (Å²) in [7, 11) is 0. The van der Waals surface area contributed by atoms with Crippen LogP contribution in [0.4, 0.5) is 0 Å². The molecule has 2 atom stereocenters. The Balaban J connectivity index is 1.80. The van der Waals surface area contributed by atoms with Crippen LogP contribution in [-0.4, -0.2) is 18.2 Å². The summed E-state index contributed by atoms with van der Waals surface area (Å²) >= 11 is 6.07.